The highest BCUT2D eigenvalue weighted by Crippen LogP contribution is 2.23. The lowest BCUT2D eigenvalue weighted by molar-refractivity contribution is 0.673. The second-order valence-electron chi connectivity index (χ2n) is 3.95. The molecule has 0 saturated carbocycles. The normalized spacial score (nSPS) is 10.5. The summed E-state index contributed by atoms with van der Waals surface area (Å²) in [7, 11) is 0. The van der Waals surface area contributed by atoms with Crippen molar-refractivity contribution in [3.05, 3.63) is 48.3 Å². The van der Waals surface area contributed by atoms with Crippen LogP contribution in [0.3, 0.4) is 0 Å². The van der Waals surface area contributed by atoms with Gasteiger partial charge in [0.2, 0.25) is 0 Å². The SMILES string of the molecule is CCCNCc1ccc(Sc2ccccn2)nc1. The van der Waals surface area contributed by atoms with Gasteiger partial charge < -0.3 is 5.32 Å². The zero-order chi connectivity index (χ0) is 12.6. The van der Waals surface area contributed by atoms with Crippen molar-refractivity contribution in [1.29, 1.82) is 0 Å². The Morgan fingerprint density at radius 3 is 2.67 bits per heavy atom. The number of aromatic nitrogens is 2. The first-order valence-electron chi connectivity index (χ1n) is 6.13. The highest BCUT2D eigenvalue weighted by molar-refractivity contribution is 7.99. The second kappa shape index (κ2) is 7.13. The van der Waals surface area contributed by atoms with Gasteiger partial charge in [-0.05, 0) is 36.7 Å². The quantitative estimate of drug-likeness (QED) is 0.809. The van der Waals surface area contributed by atoms with Gasteiger partial charge in [-0.1, -0.05) is 30.8 Å². The van der Waals surface area contributed by atoms with Gasteiger partial charge in [-0.25, -0.2) is 9.97 Å². The van der Waals surface area contributed by atoms with E-state index in [1.165, 1.54) is 5.56 Å². The third kappa shape index (κ3) is 4.13. The minimum Gasteiger partial charge on any atom is -0.313 e. The minimum absolute atomic E-state index is 0.884. The lowest BCUT2D eigenvalue weighted by Crippen LogP contribution is -2.13. The van der Waals surface area contributed by atoms with Crippen LogP contribution in [0.1, 0.15) is 18.9 Å². The number of nitrogens with one attached hydrogen (secondary N) is 1. The van der Waals surface area contributed by atoms with Gasteiger partial charge in [0.1, 0.15) is 10.1 Å². The average Bonchev–Trinajstić information content (AvgIpc) is 2.42. The van der Waals surface area contributed by atoms with E-state index in [-0.39, 0.29) is 0 Å². The third-order valence-electron chi connectivity index (χ3n) is 2.40. The smallest absolute Gasteiger partial charge is 0.102 e. The maximum atomic E-state index is 4.44. The van der Waals surface area contributed by atoms with Crippen LogP contribution in [0.2, 0.25) is 0 Å². The Labute approximate surface area is 112 Å². The third-order valence-corrected chi connectivity index (χ3v) is 3.30. The molecule has 0 aliphatic rings. The molecule has 0 bridgehead atoms. The Kier molecular flexibility index (Phi) is 5.17. The molecule has 0 unspecified atom stereocenters. The summed E-state index contributed by atoms with van der Waals surface area (Å²) in [5.74, 6) is 0. The van der Waals surface area contributed by atoms with Crippen LogP contribution in [0.5, 0.6) is 0 Å². The molecule has 2 heterocycles. The standard InChI is InChI=1S/C14H17N3S/c1-2-8-15-10-12-6-7-14(17-11-12)18-13-5-3-4-9-16-13/h3-7,9,11,15H,2,8,10H2,1H3. The molecule has 0 aromatic carbocycles. The summed E-state index contributed by atoms with van der Waals surface area (Å²) in [4.78, 5) is 8.70. The largest absolute Gasteiger partial charge is 0.313 e. The molecule has 2 aromatic rings. The summed E-state index contributed by atoms with van der Waals surface area (Å²) >= 11 is 1.58. The van der Waals surface area contributed by atoms with E-state index < -0.39 is 0 Å². The van der Waals surface area contributed by atoms with Crippen molar-refractivity contribution in [3.8, 4) is 0 Å². The monoisotopic (exact) mass is 259 g/mol. The highest BCUT2D eigenvalue weighted by atomic mass is 32.2. The van der Waals surface area contributed by atoms with E-state index >= 15 is 0 Å². The van der Waals surface area contributed by atoms with Crippen molar-refractivity contribution in [3.63, 3.8) is 0 Å². The van der Waals surface area contributed by atoms with Gasteiger partial charge in [-0.3, -0.25) is 0 Å². The molecular formula is C14H17N3S. The fourth-order valence-corrected chi connectivity index (χ4v) is 2.22. The van der Waals surface area contributed by atoms with Crippen molar-refractivity contribution in [1.82, 2.24) is 15.3 Å². The highest BCUT2D eigenvalue weighted by Gasteiger charge is 1.99. The Morgan fingerprint density at radius 2 is 2.00 bits per heavy atom. The Bertz CT molecular complexity index is 456. The molecule has 2 rings (SSSR count). The van der Waals surface area contributed by atoms with Gasteiger partial charge in [-0.2, -0.15) is 0 Å². The topological polar surface area (TPSA) is 37.8 Å². The molecule has 3 nitrogen and oxygen atoms in total. The van der Waals surface area contributed by atoms with E-state index in [9.17, 15) is 0 Å². The van der Waals surface area contributed by atoms with E-state index in [0.29, 0.717) is 0 Å². The van der Waals surface area contributed by atoms with Crippen LogP contribution >= 0.6 is 11.8 Å². The van der Waals surface area contributed by atoms with Crippen LogP contribution in [-0.2, 0) is 6.54 Å². The van der Waals surface area contributed by atoms with Crippen molar-refractivity contribution in [2.45, 2.75) is 29.9 Å². The van der Waals surface area contributed by atoms with E-state index in [1.54, 1.807) is 18.0 Å². The predicted molar refractivity (Wildman–Crippen MR) is 74.6 cm³/mol. The second-order valence-corrected chi connectivity index (χ2v) is 4.99. The molecule has 0 atom stereocenters. The maximum Gasteiger partial charge on any atom is 0.102 e. The lowest BCUT2D eigenvalue weighted by Gasteiger charge is -2.04. The minimum atomic E-state index is 0.884. The van der Waals surface area contributed by atoms with Crippen molar-refractivity contribution in [2.75, 3.05) is 6.54 Å². The summed E-state index contributed by atoms with van der Waals surface area (Å²) in [5.41, 5.74) is 1.22. The molecule has 0 spiro atoms. The van der Waals surface area contributed by atoms with Crippen LogP contribution < -0.4 is 5.32 Å². The number of pyridine rings is 2. The van der Waals surface area contributed by atoms with Crippen molar-refractivity contribution < 1.29 is 0 Å². The van der Waals surface area contributed by atoms with Crippen LogP contribution in [-0.4, -0.2) is 16.5 Å². The molecule has 0 aliphatic heterocycles. The van der Waals surface area contributed by atoms with Crippen LogP contribution in [0.15, 0.2) is 52.8 Å². The summed E-state index contributed by atoms with van der Waals surface area (Å²) in [5, 5.41) is 5.31. The van der Waals surface area contributed by atoms with Crippen molar-refractivity contribution in [2.24, 2.45) is 0 Å². The molecular weight excluding hydrogens is 242 g/mol. The predicted octanol–water partition coefficient (Wildman–Crippen LogP) is 3.13. The zero-order valence-corrected chi connectivity index (χ0v) is 11.3. The van der Waals surface area contributed by atoms with Crippen LogP contribution in [0, 0.1) is 0 Å². The molecule has 0 saturated heterocycles. The van der Waals surface area contributed by atoms with E-state index in [2.05, 4.69) is 28.3 Å². The summed E-state index contributed by atoms with van der Waals surface area (Å²) in [6.45, 7) is 4.09. The fourth-order valence-electron chi connectivity index (χ4n) is 1.50. The zero-order valence-electron chi connectivity index (χ0n) is 10.5. The first-order chi connectivity index (χ1) is 8.88. The molecule has 1 N–H and O–H groups in total. The van der Waals surface area contributed by atoms with Crippen LogP contribution in [0.25, 0.3) is 0 Å². The van der Waals surface area contributed by atoms with Crippen molar-refractivity contribution >= 4 is 11.8 Å². The molecule has 0 radical (unpaired) electrons. The summed E-state index contributed by atoms with van der Waals surface area (Å²) in [6.07, 6.45) is 4.88. The number of nitrogens with zero attached hydrogens (tertiary/aromatic N) is 2. The number of rotatable bonds is 6. The van der Waals surface area contributed by atoms with E-state index in [1.807, 2.05) is 30.5 Å². The average molecular weight is 259 g/mol. The summed E-state index contributed by atoms with van der Waals surface area (Å²) < 4.78 is 0. The van der Waals surface area contributed by atoms with Gasteiger partial charge >= 0.3 is 0 Å². The summed E-state index contributed by atoms with van der Waals surface area (Å²) in [6, 6.07) is 10.0. The van der Waals surface area contributed by atoms with Crippen LogP contribution in [0.4, 0.5) is 0 Å². The first kappa shape index (κ1) is 13.1. The molecule has 0 fully saturated rings. The van der Waals surface area contributed by atoms with Gasteiger partial charge in [-0.15, -0.1) is 0 Å². The molecule has 4 heteroatoms. The fraction of sp³-hybridized carbons (Fsp3) is 0.286. The van der Waals surface area contributed by atoms with E-state index in [4.69, 9.17) is 0 Å². The molecule has 0 amide bonds. The lowest BCUT2D eigenvalue weighted by atomic mass is 10.3. The Balaban J connectivity index is 1.91. The van der Waals surface area contributed by atoms with Gasteiger partial charge in [0, 0.05) is 18.9 Å². The number of hydrogen-bond donors (Lipinski definition) is 1. The maximum absolute atomic E-state index is 4.44. The first-order valence-corrected chi connectivity index (χ1v) is 6.94. The molecule has 18 heavy (non-hydrogen) atoms. The van der Waals surface area contributed by atoms with Gasteiger partial charge in [0.15, 0.2) is 0 Å². The molecule has 94 valence electrons. The van der Waals surface area contributed by atoms with E-state index in [0.717, 1.165) is 29.6 Å². The molecule has 0 aliphatic carbocycles. The number of hydrogen-bond acceptors (Lipinski definition) is 4. The Morgan fingerprint density at radius 1 is 1.11 bits per heavy atom. The van der Waals surface area contributed by atoms with Gasteiger partial charge in [0.25, 0.3) is 0 Å². The Hall–Kier alpha value is -1.39. The molecule has 2 aromatic heterocycles. The van der Waals surface area contributed by atoms with Gasteiger partial charge in [0.05, 0.1) is 0 Å².